The molecule has 2 heterocycles. The first kappa shape index (κ1) is 8.50. The first-order valence-corrected chi connectivity index (χ1v) is 4.73. The molecule has 68 valence electrons. The largest absolute Gasteiger partial charge is 0.386 e. The Morgan fingerprint density at radius 1 is 1.38 bits per heavy atom. The summed E-state index contributed by atoms with van der Waals surface area (Å²) in [5.74, 6) is 0.333. The smallest absolute Gasteiger partial charge is 0.369 e. The Morgan fingerprint density at radius 2 is 2.08 bits per heavy atom. The number of rotatable bonds is 0. The molecule has 0 aromatic heterocycles. The maximum absolute atomic E-state index is 10.9. The Balaban J connectivity index is 2.47. The SMILES string of the molecule is CC1=C(C)C2C(N)=NC(=O)N=C2S1. The zero-order valence-electron chi connectivity index (χ0n) is 7.37. The van der Waals surface area contributed by atoms with E-state index in [2.05, 4.69) is 9.98 Å². The molecule has 2 N–H and O–H groups in total. The number of allylic oxidation sites excluding steroid dienone is 1. The van der Waals surface area contributed by atoms with Crippen LogP contribution >= 0.6 is 11.8 Å². The normalized spacial score (nSPS) is 27.2. The minimum atomic E-state index is -0.487. The number of nitrogens with zero attached hydrogens (tertiary/aromatic N) is 2. The number of aliphatic imine (C=N–C) groups is 2. The van der Waals surface area contributed by atoms with Crippen molar-refractivity contribution in [2.45, 2.75) is 13.8 Å². The van der Waals surface area contributed by atoms with Crippen LogP contribution in [0.5, 0.6) is 0 Å². The molecule has 2 amide bonds. The molecule has 0 aliphatic carbocycles. The van der Waals surface area contributed by atoms with Crippen molar-refractivity contribution < 1.29 is 4.79 Å². The van der Waals surface area contributed by atoms with Crippen LogP contribution in [-0.2, 0) is 0 Å². The zero-order valence-corrected chi connectivity index (χ0v) is 8.18. The van der Waals surface area contributed by atoms with Gasteiger partial charge >= 0.3 is 6.03 Å². The Hall–Kier alpha value is -1.10. The number of thioether (sulfide) groups is 1. The average molecular weight is 195 g/mol. The van der Waals surface area contributed by atoms with Crippen molar-refractivity contribution in [3.8, 4) is 0 Å². The number of fused-ring (bicyclic) bond motifs is 1. The minimum absolute atomic E-state index is 0.0392. The number of amides is 2. The fourth-order valence-corrected chi connectivity index (χ4v) is 2.55. The van der Waals surface area contributed by atoms with Crippen molar-refractivity contribution in [1.29, 1.82) is 0 Å². The Morgan fingerprint density at radius 3 is 2.77 bits per heavy atom. The highest BCUT2D eigenvalue weighted by molar-refractivity contribution is 8.17. The first-order valence-electron chi connectivity index (χ1n) is 3.91. The summed E-state index contributed by atoms with van der Waals surface area (Å²) < 4.78 is 0. The average Bonchev–Trinajstić information content (AvgIpc) is 2.27. The molecule has 0 saturated heterocycles. The summed E-state index contributed by atoms with van der Waals surface area (Å²) in [5, 5.41) is 0.771. The van der Waals surface area contributed by atoms with Crippen molar-refractivity contribution in [2.75, 3.05) is 0 Å². The summed E-state index contributed by atoms with van der Waals surface area (Å²) in [5.41, 5.74) is 6.81. The highest BCUT2D eigenvalue weighted by atomic mass is 32.2. The van der Waals surface area contributed by atoms with Gasteiger partial charge in [-0.2, -0.15) is 9.98 Å². The van der Waals surface area contributed by atoms with Gasteiger partial charge in [-0.15, -0.1) is 0 Å². The molecule has 2 rings (SSSR count). The lowest BCUT2D eigenvalue weighted by Gasteiger charge is -2.14. The van der Waals surface area contributed by atoms with Crippen molar-refractivity contribution in [3.05, 3.63) is 10.5 Å². The third-order valence-electron chi connectivity index (χ3n) is 2.22. The molecule has 0 aromatic rings. The molecule has 1 unspecified atom stereocenters. The molecule has 1 atom stereocenters. The summed E-state index contributed by atoms with van der Waals surface area (Å²) >= 11 is 1.51. The molecule has 5 heteroatoms. The van der Waals surface area contributed by atoms with Gasteiger partial charge in [-0.3, -0.25) is 0 Å². The van der Waals surface area contributed by atoms with Crippen LogP contribution in [0.4, 0.5) is 4.79 Å². The van der Waals surface area contributed by atoms with Crippen LogP contribution in [0.15, 0.2) is 20.5 Å². The number of amidine groups is 1. The molecular weight excluding hydrogens is 186 g/mol. The number of hydrogen-bond acceptors (Lipinski definition) is 3. The van der Waals surface area contributed by atoms with Crippen LogP contribution in [0.2, 0.25) is 0 Å². The van der Waals surface area contributed by atoms with Crippen LogP contribution in [0.1, 0.15) is 13.8 Å². The molecule has 0 radical (unpaired) electrons. The van der Waals surface area contributed by atoms with E-state index in [1.165, 1.54) is 11.8 Å². The van der Waals surface area contributed by atoms with E-state index < -0.39 is 6.03 Å². The van der Waals surface area contributed by atoms with E-state index in [-0.39, 0.29) is 5.92 Å². The van der Waals surface area contributed by atoms with Gasteiger partial charge in [0.2, 0.25) is 0 Å². The van der Waals surface area contributed by atoms with Gasteiger partial charge in [-0.05, 0) is 24.3 Å². The van der Waals surface area contributed by atoms with E-state index >= 15 is 0 Å². The summed E-state index contributed by atoms with van der Waals surface area (Å²) in [6.07, 6.45) is 0. The number of urea groups is 1. The second kappa shape index (κ2) is 2.70. The topological polar surface area (TPSA) is 67.8 Å². The van der Waals surface area contributed by atoms with Crippen molar-refractivity contribution in [1.82, 2.24) is 0 Å². The molecule has 2 aliphatic rings. The predicted octanol–water partition coefficient (Wildman–Crippen LogP) is 1.53. The second-order valence-corrected chi connectivity index (χ2v) is 4.28. The summed E-state index contributed by atoms with van der Waals surface area (Å²) in [6.45, 7) is 3.99. The fourth-order valence-electron chi connectivity index (χ4n) is 1.41. The molecule has 13 heavy (non-hydrogen) atoms. The maximum atomic E-state index is 10.9. The fraction of sp³-hybridized carbons (Fsp3) is 0.375. The van der Waals surface area contributed by atoms with Crippen LogP contribution in [0.25, 0.3) is 0 Å². The molecule has 2 aliphatic heterocycles. The Bertz CT molecular complexity index is 381. The number of carbonyl (C=O) groups is 1. The molecule has 4 nitrogen and oxygen atoms in total. The highest BCUT2D eigenvalue weighted by Gasteiger charge is 2.34. The van der Waals surface area contributed by atoms with E-state index in [9.17, 15) is 4.79 Å². The first-order chi connectivity index (χ1) is 6.09. The van der Waals surface area contributed by atoms with Gasteiger partial charge < -0.3 is 5.73 Å². The van der Waals surface area contributed by atoms with E-state index in [4.69, 9.17) is 5.73 Å². The van der Waals surface area contributed by atoms with E-state index in [1.807, 2.05) is 13.8 Å². The third kappa shape index (κ3) is 1.19. The van der Waals surface area contributed by atoms with Crippen LogP contribution in [0, 0.1) is 5.92 Å². The number of nitrogens with two attached hydrogens (primary N) is 1. The second-order valence-electron chi connectivity index (χ2n) is 3.04. The van der Waals surface area contributed by atoms with Crippen molar-refractivity contribution in [2.24, 2.45) is 21.6 Å². The molecule has 0 fully saturated rings. The van der Waals surface area contributed by atoms with Gasteiger partial charge in [-0.1, -0.05) is 11.8 Å². The van der Waals surface area contributed by atoms with Gasteiger partial charge in [0.1, 0.15) is 5.84 Å². The summed E-state index contributed by atoms with van der Waals surface area (Å²) in [6, 6.07) is -0.487. The summed E-state index contributed by atoms with van der Waals surface area (Å²) in [4.78, 5) is 19.6. The zero-order chi connectivity index (χ0) is 9.59. The van der Waals surface area contributed by atoms with Gasteiger partial charge in [0, 0.05) is 0 Å². The van der Waals surface area contributed by atoms with Crippen molar-refractivity contribution >= 4 is 28.7 Å². The van der Waals surface area contributed by atoms with Crippen LogP contribution in [-0.4, -0.2) is 16.9 Å². The quantitative estimate of drug-likeness (QED) is 0.637. The number of carbonyl (C=O) groups excluding carboxylic acids is 1. The maximum Gasteiger partial charge on any atom is 0.369 e. The molecule has 0 bridgehead atoms. The van der Waals surface area contributed by atoms with E-state index in [0.717, 1.165) is 15.5 Å². The van der Waals surface area contributed by atoms with Gasteiger partial charge in [0.15, 0.2) is 0 Å². The van der Waals surface area contributed by atoms with Gasteiger partial charge in [0.05, 0.1) is 11.0 Å². The van der Waals surface area contributed by atoms with Crippen LogP contribution < -0.4 is 5.73 Å². The van der Waals surface area contributed by atoms with Crippen LogP contribution in [0.3, 0.4) is 0 Å². The third-order valence-corrected chi connectivity index (χ3v) is 3.38. The lowest BCUT2D eigenvalue weighted by atomic mass is 10.00. The molecule has 0 spiro atoms. The van der Waals surface area contributed by atoms with Gasteiger partial charge in [-0.25, -0.2) is 4.79 Å². The highest BCUT2D eigenvalue weighted by Crippen LogP contribution is 2.39. The molecular formula is C8H9N3OS. The standard InChI is InChI=1S/C8H9N3OS/c1-3-4(2)13-7-5(3)6(9)10-8(12)11-7/h5H,1-2H3,(H2,9,10,12). The molecule has 0 saturated carbocycles. The molecule has 0 aromatic carbocycles. The predicted molar refractivity (Wildman–Crippen MR) is 53.9 cm³/mol. The van der Waals surface area contributed by atoms with E-state index in [0.29, 0.717) is 5.84 Å². The van der Waals surface area contributed by atoms with Crippen molar-refractivity contribution in [3.63, 3.8) is 0 Å². The number of hydrogen-bond donors (Lipinski definition) is 1. The Kier molecular flexibility index (Phi) is 1.76. The minimum Gasteiger partial charge on any atom is -0.386 e. The lowest BCUT2D eigenvalue weighted by molar-refractivity contribution is 0.256. The lowest BCUT2D eigenvalue weighted by Crippen LogP contribution is -2.31. The summed E-state index contributed by atoms with van der Waals surface area (Å²) in [7, 11) is 0. The van der Waals surface area contributed by atoms with E-state index in [1.54, 1.807) is 0 Å². The van der Waals surface area contributed by atoms with Gasteiger partial charge in [0.25, 0.3) is 0 Å². The Labute approximate surface area is 80.0 Å². The monoisotopic (exact) mass is 195 g/mol.